The number of hydrogen-bond acceptors (Lipinski definition) is 4. The van der Waals surface area contributed by atoms with Gasteiger partial charge in [-0.05, 0) is 72.9 Å². The molecule has 163 valence electrons. The van der Waals surface area contributed by atoms with Crippen LogP contribution in [0.2, 0.25) is 5.02 Å². The van der Waals surface area contributed by atoms with Crippen molar-refractivity contribution in [2.24, 2.45) is 0 Å². The molecule has 31 heavy (non-hydrogen) atoms. The van der Waals surface area contributed by atoms with Gasteiger partial charge in [0.05, 0.1) is 24.8 Å². The van der Waals surface area contributed by atoms with E-state index in [1.165, 1.54) is 0 Å². The number of rotatable bonds is 7. The van der Waals surface area contributed by atoms with E-state index in [1.807, 2.05) is 12.1 Å². The minimum Gasteiger partial charge on any atom is -0.378 e. The fraction of sp³-hybridized carbons (Fsp3) is 0.385. The monoisotopic (exact) mass is 437 g/mol. The SMILES string of the molecule is [CH2]C(OCCCC)c1c(C)cc2nc(N3CCOCC3)ccc2c1-c1ccc(Cl)cc1. The number of morpholine rings is 1. The van der Waals surface area contributed by atoms with Crippen molar-refractivity contribution in [2.75, 3.05) is 37.8 Å². The Kier molecular flexibility index (Phi) is 7.11. The summed E-state index contributed by atoms with van der Waals surface area (Å²) in [4.78, 5) is 7.31. The van der Waals surface area contributed by atoms with Gasteiger partial charge in [0.15, 0.2) is 0 Å². The second kappa shape index (κ2) is 9.99. The number of unbranched alkanes of at least 4 members (excludes halogenated alkanes) is 1. The van der Waals surface area contributed by atoms with Gasteiger partial charge in [-0.1, -0.05) is 37.1 Å². The summed E-state index contributed by atoms with van der Waals surface area (Å²) >= 11 is 6.18. The standard InChI is InChI=1S/C26H30ClN2O2/c1-4-5-14-31-19(3)25-18(2)17-23-22(26(25)20-6-8-21(27)9-7-20)10-11-24(28-23)29-12-15-30-16-13-29/h6-11,17,19H,3-5,12-16H2,1-2H3. The van der Waals surface area contributed by atoms with Gasteiger partial charge in [0.25, 0.3) is 0 Å². The first-order valence-corrected chi connectivity index (χ1v) is 11.4. The number of fused-ring (bicyclic) bond motifs is 1. The molecule has 1 radical (unpaired) electrons. The average Bonchev–Trinajstić information content (AvgIpc) is 2.79. The van der Waals surface area contributed by atoms with Gasteiger partial charge in [-0.2, -0.15) is 0 Å². The minimum absolute atomic E-state index is 0.249. The van der Waals surface area contributed by atoms with Crippen molar-refractivity contribution >= 4 is 28.3 Å². The van der Waals surface area contributed by atoms with Gasteiger partial charge in [0.2, 0.25) is 0 Å². The molecule has 1 fully saturated rings. The summed E-state index contributed by atoms with van der Waals surface area (Å²) in [5.41, 5.74) is 5.47. The predicted octanol–water partition coefficient (Wildman–Crippen LogP) is 6.39. The fourth-order valence-corrected chi connectivity index (χ4v) is 4.30. The van der Waals surface area contributed by atoms with Crippen LogP contribution in [0.3, 0.4) is 0 Å². The van der Waals surface area contributed by atoms with Crippen LogP contribution in [0.1, 0.15) is 37.0 Å². The molecule has 0 spiro atoms. The van der Waals surface area contributed by atoms with Gasteiger partial charge in [0.1, 0.15) is 5.82 Å². The van der Waals surface area contributed by atoms with E-state index in [9.17, 15) is 0 Å². The lowest BCUT2D eigenvalue weighted by Gasteiger charge is -2.28. The van der Waals surface area contributed by atoms with Crippen LogP contribution in [-0.4, -0.2) is 37.9 Å². The summed E-state index contributed by atoms with van der Waals surface area (Å²) in [6.45, 7) is 12.6. The third kappa shape index (κ3) is 4.87. The van der Waals surface area contributed by atoms with Crippen molar-refractivity contribution in [1.29, 1.82) is 0 Å². The van der Waals surface area contributed by atoms with Crippen molar-refractivity contribution < 1.29 is 9.47 Å². The van der Waals surface area contributed by atoms with Crippen molar-refractivity contribution in [3.05, 3.63) is 65.5 Å². The summed E-state index contributed by atoms with van der Waals surface area (Å²) in [6.07, 6.45) is 1.88. The van der Waals surface area contributed by atoms with Crippen LogP contribution in [0.25, 0.3) is 22.0 Å². The Morgan fingerprint density at radius 1 is 1.16 bits per heavy atom. The molecule has 0 saturated carbocycles. The van der Waals surface area contributed by atoms with E-state index in [1.54, 1.807) is 0 Å². The van der Waals surface area contributed by atoms with E-state index >= 15 is 0 Å². The lowest BCUT2D eigenvalue weighted by molar-refractivity contribution is 0.0811. The molecule has 4 rings (SSSR count). The lowest BCUT2D eigenvalue weighted by atomic mass is 9.89. The van der Waals surface area contributed by atoms with E-state index in [4.69, 9.17) is 26.1 Å². The molecule has 1 unspecified atom stereocenters. The Morgan fingerprint density at radius 3 is 2.61 bits per heavy atom. The molecule has 1 aromatic heterocycles. The molecule has 2 heterocycles. The molecule has 1 atom stereocenters. The maximum Gasteiger partial charge on any atom is 0.129 e. The Bertz CT molecular complexity index is 1030. The van der Waals surface area contributed by atoms with Crippen LogP contribution in [0.5, 0.6) is 0 Å². The smallest absolute Gasteiger partial charge is 0.129 e. The van der Waals surface area contributed by atoms with Crippen LogP contribution in [0.4, 0.5) is 5.82 Å². The zero-order chi connectivity index (χ0) is 21.8. The van der Waals surface area contributed by atoms with E-state index < -0.39 is 0 Å². The van der Waals surface area contributed by atoms with Crippen molar-refractivity contribution in [3.63, 3.8) is 0 Å². The van der Waals surface area contributed by atoms with Crippen molar-refractivity contribution in [1.82, 2.24) is 4.98 Å². The second-order valence-corrected chi connectivity index (χ2v) is 8.47. The highest BCUT2D eigenvalue weighted by Gasteiger charge is 2.21. The largest absolute Gasteiger partial charge is 0.378 e. The van der Waals surface area contributed by atoms with Crippen LogP contribution in [-0.2, 0) is 9.47 Å². The maximum absolute atomic E-state index is 6.18. The van der Waals surface area contributed by atoms with E-state index in [2.05, 4.69) is 56.0 Å². The molecular weight excluding hydrogens is 408 g/mol. The van der Waals surface area contributed by atoms with Crippen molar-refractivity contribution in [2.45, 2.75) is 32.8 Å². The summed E-state index contributed by atoms with van der Waals surface area (Å²) in [7, 11) is 0. The van der Waals surface area contributed by atoms with Crippen molar-refractivity contribution in [3.8, 4) is 11.1 Å². The number of anilines is 1. The van der Waals surface area contributed by atoms with Gasteiger partial charge >= 0.3 is 0 Å². The topological polar surface area (TPSA) is 34.6 Å². The Hall–Kier alpha value is -2.14. The number of nitrogens with zero attached hydrogens (tertiary/aromatic N) is 2. The molecular formula is C26H30ClN2O2. The van der Waals surface area contributed by atoms with Gasteiger partial charge in [-0.25, -0.2) is 4.98 Å². The first kappa shape index (κ1) is 22.1. The zero-order valence-corrected chi connectivity index (χ0v) is 19.1. The summed E-state index contributed by atoms with van der Waals surface area (Å²) in [5.74, 6) is 0.996. The summed E-state index contributed by atoms with van der Waals surface area (Å²) in [6, 6.07) is 14.4. The van der Waals surface area contributed by atoms with Crippen LogP contribution < -0.4 is 4.90 Å². The van der Waals surface area contributed by atoms with E-state index in [0.29, 0.717) is 6.61 Å². The maximum atomic E-state index is 6.18. The molecule has 1 aliphatic rings. The molecule has 1 aliphatic heterocycles. The van der Waals surface area contributed by atoms with E-state index in [0.717, 1.165) is 83.1 Å². The van der Waals surface area contributed by atoms with Crippen LogP contribution >= 0.6 is 11.6 Å². The summed E-state index contributed by atoms with van der Waals surface area (Å²) < 4.78 is 11.6. The van der Waals surface area contributed by atoms with Gasteiger partial charge < -0.3 is 14.4 Å². The Labute approximate surface area is 190 Å². The van der Waals surface area contributed by atoms with Gasteiger partial charge in [-0.3, -0.25) is 0 Å². The van der Waals surface area contributed by atoms with Crippen LogP contribution in [0, 0.1) is 13.8 Å². The van der Waals surface area contributed by atoms with Gasteiger partial charge in [-0.15, -0.1) is 0 Å². The molecule has 1 saturated heterocycles. The number of ether oxygens (including phenoxy) is 2. The number of hydrogen-bond donors (Lipinski definition) is 0. The Balaban J connectivity index is 1.84. The van der Waals surface area contributed by atoms with Gasteiger partial charge in [0, 0.05) is 30.1 Å². The highest BCUT2D eigenvalue weighted by atomic mass is 35.5. The first-order valence-electron chi connectivity index (χ1n) is 11.1. The highest BCUT2D eigenvalue weighted by molar-refractivity contribution is 6.30. The highest BCUT2D eigenvalue weighted by Crippen LogP contribution is 2.39. The molecule has 4 nitrogen and oxygen atoms in total. The number of aromatic nitrogens is 1. The minimum atomic E-state index is -0.249. The number of benzene rings is 2. The van der Waals surface area contributed by atoms with E-state index in [-0.39, 0.29) is 6.10 Å². The lowest BCUT2D eigenvalue weighted by Crippen LogP contribution is -2.36. The second-order valence-electron chi connectivity index (χ2n) is 8.04. The number of pyridine rings is 1. The molecule has 0 N–H and O–H groups in total. The first-order chi connectivity index (χ1) is 15.1. The number of halogens is 1. The quantitative estimate of drug-likeness (QED) is 0.401. The predicted molar refractivity (Wildman–Crippen MR) is 129 cm³/mol. The molecule has 0 bridgehead atoms. The third-order valence-corrected chi connectivity index (χ3v) is 6.09. The summed E-state index contributed by atoms with van der Waals surface area (Å²) in [5, 5.41) is 1.83. The average molecular weight is 438 g/mol. The van der Waals surface area contributed by atoms with Crippen LogP contribution in [0.15, 0.2) is 42.5 Å². The molecule has 5 heteroatoms. The Morgan fingerprint density at radius 2 is 1.90 bits per heavy atom. The molecule has 0 aliphatic carbocycles. The molecule has 0 amide bonds. The normalized spacial score (nSPS) is 15.4. The number of aryl methyl sites for hydroxylation is 1. The molecule has 3 aromatic rings. The fourth-order valence-electron chi connectivity index (χ4n) is 4.17. The third-order valence-electron chi connectivity index (χ3n) is 5.83. The molecule has 2 aromatic carbocycles. The zero-order valence-electron chi connectivity index (χ0n) is 18.4.